The third-order valence-electron chi connectivity index (χ3n) is 2.82. The number of rotatable bonds is 5. The van der Waals surface area contributed by atoms with Gasteiger partial charge in [-0.15, -0.1) is 0 Å². The van der Waals surface area contributed by atoms with Gasteiger partial charge in [-0.3, -0.25) is 9.78 Å². The molecule has 1 aromatic carbocycles. The number of pyridine rings is 1. The van der Waals surface area contributed by atoms with Crippen LogP contribution in [-0.2, 0) is 22.1 Å². The van der Waals surface area contributed by atoms with Crippen LogP contribution in [0.4, 0.5) is 0 Å². The first kappa shape index (κ1) is 15.2. The van der Waals surface area contributed by atoms with Crippen LogP contribution in [-0.4, -0.2) is 25.6 Å². The molecule has 0 aliphatic rings. The fourth-order valence-corrected chi connectivity index (χ4v) is 2.70. The molecule has 0 saturated heterocycles. The molecule has 0 aliphatic carbocycles. The molecule has 0 atom stereocenters. The second-order valence-corrected chi connectivity index (χ2v) is 6.95. The number of amides is 1. The number of sulfone groups is 1. The van der Waals surface area contributed by atoms with E-state index in [-0.39, 0.29) is 11.7 Å². The van der Waals surface area contributed by atoms with Crippen LogP contribution >= 0.6 is 0 Å². The maximum Gasteiger partial charge on any atom is 0.251 e. The van der Waals surface area contributed by atoms with E-state index in [4.69, 9.17) is 0 Å². The van der Waals surface area contributed by atoms with Crippen LogP contribution in [0, 0.1) is 0 Å². The van der Waals surface area contributed by atoms with E-state index in [9.17, 15) is 13.2 Å². The molecular formula is C15H16N2O3S. The van der Waals surface area contributed by atoms with E-state index < -0.39 is 9.84 Å². The second kappa shape index (κ2) is 6.49. The van der Waals surface area contributed by atoms with Crippen molar-refractivity contribution < 1.29 is 13.2 Å². The number of aromatic nitrogens is 1. The van der Waals surface area contributed by atoms with Gasteiger partial charge in [0.15, 0.2) is 9.84 Å². The molecule has 5 nitrogen and oxygen atoms in total. The van der Waals surface area contributed by atoms with E-state index in [0.717, 1.165) is 5.56 Å². The topological polar surface area (TPSA) is 76.1 Å². The molecule has 1 heterocycles. The SMILES string of the molecule is CS(=O)(=O)Cc1cccc(CNC(=O)c2ccncc2)c1. The van der Waals surface area contributed by atoms with Crippen molar-refractivity contribution in [1.82, 2.24) is 10.3 Å². The monoisotopic (exact) mass is 304 g/mol. The van der Waals surface area contributed by atoms with E-state index in [1.54, 1.807) is 42.7 Å². The lowest BCUT2D eigenvalue weighted by Crippen LogP contribution is -2.22. The molecule has 1 aromatic heterocycles. The Morgan fingerprint density at radius 1 is 1.14 bits per heavy atom. The minimum Gasteiger partial charge on any atom is -0.348 e. The van der Waals surface area contributed by atoms with Gasteiger partial charge in [0.25, 0.3) is 5.91 Å². The summed E-state index contributed by atoms with van der Waals surface area (Å²) in [4.78, 5) is 15.8. The molecule has 0 unspecified atom stereocenters. The van der Waals surface area contributed by atoms with Crippen LogP contribution in [0.25, 0.3) is 0 Å². The lowest BCUT2D eigenvalue weighted by atomic mass is 10.1. The molecule has 2 rings (SSSR count). The number of hydrogen-bond acceptors (Lipinski definition) is 4. The lowest BCUT2D eigenvalue weighted by Gasteiger charge is -2.07. The number of nitrogens with zero attached hydrogens (tertiary/aromatic N) is 1. The summed E-state index contributed by atoms with van der Waals surface area (Å²) in [5, 5.41) is 2.79. The first-order chi connectivity index (χ1) is 9.94. The molecule has 0 bridgehead atoms. The summed E-state index contributed by atoms with van der Waals surface area (Å²) in [6.07, 6.45) is 4.31. The molecule has 0 aliphatic heterocycles. The standard InChI is InChI=1S/C15H16N2O3S/c1-21(19,20)11-13-4-2-3-12(9-13)10-17-15(18)14-5-7-16-8-6-14/h2-9H,10-11H2,1H3,(H,17,18). The average molecular weight is 304 g/mol. The zero-order chi connectivity index (χ0) is 15.3. The van der Waals surface area contributed by atoms with Crippen molar-refractivity contribution in [3.8, 4) is 0 Å². The first-order valence-electron chi connectivity index (χ1n) is 6.38. The Kier molecular flexibility index (Phi) is 4.70. The largest absolute Gasteiger partial charge is 0.348 e. The maximum atomic E-state index is 11.9. The van der Waals surface area contributed by atoms with Crippen LogP contribution in [0.2, 0.25) is 0 Å². The molecule has 0 spiro atoms. The highest BCUT2D eigenvalue weighted by atomic mass is 32.2. The van der Waals surface area contributed by atoms with Gasteiger partial charge in [-0.1, -0.05) is 24.3 Å². The number of carbonyl (C=O) groups excluding carboxylic acids is 1. The third-order valence-corrected chi connectivity index (χ3v) is 3.67. The van der Waals surface area contributed by atoms with E-state index in [0.29, 0.717) is 17.7 Å². The van der Waals surface area contributed by atoms with E-state index in [1.165, 1.54) is 6.26 Å². The summed E-state index contributed by atoms with van der Waals surface area (Å²) in [6, 6.07) is 10.4. The Hall–Kier alpha value is -2.21. The summed E-state index contributed by atoms with van der Waals surface area (Å²) < 4.78 is 22.6. The first-order valence-corrected chi connectivity index (χ1v) is 8.44. The van der Waals surface area contributed by atoms with E-state index >= 15 is 0 Å². The van der Waals surface area contributed by atoms with E-state index in [1.807, 2.05) is 6.07 Å². The molecular weight excluding hydrogens is 288 g/mol. The van der Waals surface area contributed by atoms with Crippen molar-refractivity contribution in [2.24, 2.45) is 0 Å². The van der Waals surface area contributed by atoms with Gasteiger partial charge in [0, 0.05) is 30.8 Å². The van der Waals surface area contributed by atoms with Gasteiger partial charge in [-0.05, 0) is 23.3 Å². The summed E-state index contributed by atoms with van der Waals surface area (Å²) in [7, 11) is -3.06. The smallest absolute Gasteiger partial charge is 0.251 e. The predicted molar refractivity (Wildman–Crippen MR) is 80.4 cm³/mol. The number of hydrogen-bond donors (Lipinski definition) is 1. The van der Waals surface area contributed by atoms with Gasteiger partial charge in [0.1, 0.15) is 0 Å². The molecule has 0 radical (unpaired) electrons. The van der Waals surface area contributed by atoms with Crippen LogP contribution in [0.15, 0.2) is 48.8 Å². The number of benzene rings is 1. The normalized spacial score (nSPS) is 11.1. The van der Waals surface area contributed by atoms with Crippen molar-refractivity contribution >= 4 is 15.7 Å². The van der Waals surface area contributed by atoms with Crippen molar-refractivity contribution in [3.63, 3.8) is 0 Å². The zero-order valence-electron chi connectivity index (χ0n) is 11.6. The summed E-state index contributed by atoms with van der Waals surface area (Å²) >= 11 is 0. The van der Waals surface area contributed by atoms with Crippen LogP contribution in [0.1, 0.15) is 21.5 Å². The molecule has 1 amide bonds. The van der Waals surface area contributed by atoms with Crippen LogP contribution < -0.4 is 5.32 Å². The average Bonchev–Trinajstić information content (AvgIpc) is 2.44. The fraction of sp³-hybridized carbons (Fsp3) is 0.200. The minimum absolute atomic E-state index is 0.000852. The Labute approximate surface area is 124 Å². The number of nitrogens with one attached hydrogen (secondary N) is 1. The van der Waals surface area contributed by atoms with Crippen molar-refractivity contribution in [2.75, 3.05) is 6.26 Å². The van der Waals surface area contributed by atoms with Crippen LogP contribution in [0.5, 0.6) is 0 Å². The third kappa shape index (κ3) is 5.00. The molecule has 110 valence electrons. The minimum atomic E-state index is -3.06. The Morgan fingerprint density at radius 3 is 2.48 bits per heavy atom. The molecule has 6 heteroatoms. The Balaban J connectivity index is 2.01. The highest BCUT2D eigenvalue weighted by Crippen LogP contribution is 2.09. The molecule has 1 N–H and O–H groups in total. The molecule has 0 fully saturated rings. The van der Waals surface area contributed by atoms with Gasteiger partial charge in [0.2, 0.25) is 0 Å². The van der Waals surface area contributed by atoms with Crippen molar-refractivity contribution in [1.29, 1.82) is 0 Å². The molecule has 0 saturated carbocycles. The number of carbonyl (C=O) groups is 1. The fourth-order valence-electron chi connectivity index (χ4n) is 1.92. The van der Waals surface area contributed by atoms with Gasteiger partial charge < -0.3 is 5.32 Å². The summed E-state index contributed by atoms with van der Waals surface area (Å²) in [6.45, 7) is 0.346. The van der Waals surface area contributed by atoms with Crippen molar-refractivity contribution in [2.45, 2.75) is 12.3 Å². The zero-order valence-corrected chi connectivity index (χ0v) is 12.4. The van der Waals surface area contributed by atoms with Crippen molar-refractivity contribution in [3.05, 3.63) is 65.5 Å². The lowest BCUT2D eigenvalue weighted by molar-refractivity contribution is 0.0951. The molecule has 2 aromatic rings. The van der Waals surface area contributed by atoms with Gasteiger partial charge in [-0.2, -0.15) is 0 Å². The quantitative estimate of drug-likeness (QED) is 0.909. The Morgan fingerprint density at radius 2 is 1.81 bits per heavy atom. The summed E-state index contributed by atoms with van der Waals surface area (Å²) in [5.74, 6) is -0.190. The second-order valence-electron chi connectivity index (χ2n) is 4.81. The summed E-state index contributed by atoms with van der Waals surface area (Å²) in [5.41, 5.74) is 2.11. The maximum absolute atomic E-state index is 11.9. The highest BCUT2D eigenvalue weighted by molar-refractivity contribution is 7.89. The van der Waals surface area contributed by atoms with E-state index in [2.05, 4.69) is 10.3 Å². The predicted octanol–water partition coefficient (Wildman–Crippen LogP) is 1.56. The van der Waals surface area contributed by atoms with Crippen LogP contribution in [0.3, 0.4) is 0 Å². The Bertz CT molecular complexity index is 728. The van der Waals surface area contributed by atoms with Gasteiger partial charge >= 0.3 is 0 Å². The highest BCUT2D eigenvalue weighted by Gasteiger charge is 2.07. The van der Waals surface area contributed by atoms with Gasteiger partial charge in [0.05, 0.1) is 5.75 Å². The van der Waals surface area contributed by atoms with Gasteiger partial charge in [-0.25, -0.2) is 8.42 Å². The molecule has 21 heavy (non-hydrogen) atoms.